The fraction of sp³-hybridized carbons (Fsp3) is 0.286. The van der Waals surface area contributed by atoms with Crippen LogP contribution in [0.2, 0.25) is 5.02 Å². The molecule has 0 aromatic carbocycles. The number of pyridine rings is 1. The maximum atomic E-state index is 12.0. The second-order valence-corrected chi connectivity index (χ2v) is 6.01. The van der Waals surface area contributed by atoms with Gasteiger partial charge < -0.3 is 15.5 Å². The Kier molecular flexibility index (Phi) is 6.02. The first-order valence-electron chi connectivity index (χ1n) is 6.70. The van der Waals surface area contributed by atoms with E-state index in [0.29, 0.717) is 15.7 Å². The molecule has 3 rings (SSSR count). The molecule has 2 aromatic rings. The molecule has 1 aliphatic heterocycles. The van der Waals surface area contributed by atoms with Crippen LogP contribution in [-0.2, 0) is 0 Å². The average molecular weight is 359 g/mol. The fourth-order valence-electron chi connectivity index (χ4n) is 2.20. The van der Waals surface area contributed by atoms with Gasteiger partial charge in [0.25, 0.3) is 5.91 Å². The number of nitrogens with one attached hydrogen (secondary N) is 2. The number of rotatable bonds is 3. The zero-order valence-electron chi connectivity index (χ0n) is 11.7. The Labute approximate surface area is 144 Å². The first kappa shape index (κ1) is 17.0. The molecule has 22 heavy (non-hydrogen) atoms. The van der Waals surface area contributed by atoms with E-state index in [4.69, 9.17) is 11.6 Å². The van der Waals surface area contributed by atoms with Crippen LogP contribution in [0.5, 0.6) is 0 Å². The Hall–Kier alpha value is -1.34. The molecule has 0 unspecified atom stereocenters. The van der Waals surface area contributed by atoms with Crippen molar-refractivity contribution in [3.8, 4) is 0 Å². The zero-order chi connectivity index (χ0) is 14.7. The van der Waals surface area contributed by atoms with Crippen LogP contribution >= 0.6 is 35.3 Å². The number of halogens is 2. The molecule has 5 nitrogen and oxygen atoms in total. The Morgan fingerprint density at radius 2 is 2.09 bits per heavy atom. The highest BCUT2D eigenvalue weighted by molar-refractivity contribution is 7.12. The van der Waals surface area contributed by atoms with Crippen molar-refractivity contribution in [2.75, 3.05) is 36.4 Å². The van der Waals surface area contributed by atoms with Gasteiger partial charge >= 0.3 is 0 Å². The lowest BCUT2D eigenvalue weighted by molar-refractivity contribution is 0.103. The lowest BCUT2D eigenvalue weighted by Crippen LogP contribution is -2.43. The number of carbonyl (C=O) groups excluding carboxylic acids is 1. The SMILES string of the molecule is Cl.O=C(Nc1ccc(N2CCNCC2)cn1)c1sccc1Cl. The molecule has 2 aromatic heterocycles. The first-order valence-corrected chi connectivity index (χ1v) is 7.96. The molecule has 0 saturated carbocycles. The molecule has 1 fully saturated rings. The van der Waals surface area contributed by atoms with Gasteiger partial charge in [-0.3, -0.25) is 4.79 Å². The van der Waals surface area contributed by atoms with Gasteiger partial charge in [0.1, 0.15) is 10.7 Å². The number of piperazine rings is 1. The van der Waals surface area contributed by atoms with E-state index in [1.54, 1.807) is 17.6 Å². The average Bonchev–Trinajstić information content (AvgIpc) is 2.95. The lowest BCUT2D eigenvalue weighted by Gasteiger charge is -2.29. The quantitative estimate of drug-likeness (QED) is 0.885. The van der Waals surface area contributed by atoms with Crippen molar-refractivity contribution in [1.29, 1.82) is 0 Å². The summed E-state index contributed by atoms with van der Waals surface area (Å²) in [6, 6.07) is 5.50. The molecule has 1 aliphatic rings. The van der Waals surface area contributed by atoms with Gasteiger partial charge in [-0.15, -0.1) is 23.7 Å². The summed E-state index contributed by atoms with van der Waals surface area (Å²) in [6.07, 6.45) is 1.79. The fourth-order valence-corrected chi connectivity index (χ4v) is 3.23. The normalized spacial score (nSPS) is 14.3. The number of nitrogens with zero attached hydrogens (tertiary/aromatic N) is 2. The van der Waals surface area contributed by atoms with Crippen molar-refractivity contribution in [3.63, 3.8) is 0 Å². The van der Waals surface area contributed by atoms with Gasteiger partial charge in [-0.1, -0.05) is 11.6 Å². The van der Waals surface area contributed by atoms with Crippen LogP contribution in [0.15, 0.2) is 29.8 Å². The first-order chi connectivity index (χ1) is 10.2. The predicted molar refractivity (Wildman–Crippen MR) is 93.8 cm³/mol. The van der Waals surface area contributed by atoms with Crippen LogP contribution in [0, 0.1) is 0 Å². The summed E-state index contributed by atoms with van der Waals surface area (Å²) < 4.78 is 0. The molecule has 1 saturated heterocycles. The molecule has 0 aliphatic carbocycles. The van der Waals surface area contributed by atoms with E-state index in [0.717, 1.165) is 31.9 Å². The van der Waals surface area contributed by atoms with Gasteiger partial charge in [0.05, 0.1) is 16.9 Å². The number of hydrogen-bond donors (Lipinski definition) is 2. The van der Waals surface area contributed by atoms with Crippen LogP contribution in [-0.4, -0.2) is 37.1 Å². The maximum Gasteiger partial charge on any atom is 0.268 e. The number of thiophene rings is 1. The number of amides is 1. The number of aromatic nitrogens is 1. The monoisotopic (exact) mass is 358 g/mol. The second-order valence-electron chi connectivity index (χ2n) is 4.69. The maximum absolute atomic E-state index is 12.0. The molecular formula is C14H16Cl2N4OS. The third kappa shape index (κ3) is 3.89. The number of anilines is 2. The molecule has 0 atom stereocenters. The standard InChI is InChI=1S/C14H15ClN4OS.ClH/c15-11-3-8-21-13(11)14(20)18-12-2-1-10(9-17-12)19-6-4-16-5-7-19;/h1-3,8-9,16H,4-7H2,(H,17,18,20);1H. The smallest absolute Gasteiger partial charge is 0.268 e. The second kappa shape index (κ2) is 7.78. The highest BCUT2D eigenvalue weighted by atomic mass is 35.5. The zero-order valence-corrected chi connectivity index (χ0v) is 14.1. The van der Waals surface area contributed by atoms with Crippen LogP contribution in [0.3, 0.4) is 0 Å². The van der Waals surface area contributed by atoms with E-state index < -0.39 is 0 Å². The van der Waals surface area contributed by atoms with Crippen molar-refractivity contribution in [3.05, 3.63) is 39.7 Å². The summed E-state index contributed by atoms with van der Waals surface area (Å²) >= 11 is 7.26. The Bertz CT molecular complexity index is 626. The summed E-state index contributed by atoms with van der Waals surface area (Å²) in [5.74, 6) is 0.306. The van der Waals surface area contributed by atoms with Crippen molar-refractivity contribution in [1.82, 2.24) is 10.3 Å². The molecule has 118 valence electrons. The van der Waals surface area contributed by atoms with Crippen molar-refractivity contribution in [2.24, 2.45) is 0 Å². The van der Waals surface area contributed by atoms with Gasteiger partial charge in [-0.05, 0) is 23.6 Å². The number of carbonyl (C=O) groups is 1. The van der Waals surface area contributed by atoms with Crippen LogP contribution < -0.4 is 15.5 Å². The van der Waals surface area contributed by atoms with E-state index in [9.17, 15) is 4.79 Å². The number of hydrogen-bond acceptors (Lipinski definition) is 5. The lowest BCUT2D eigenvalue weighted by atomic mass is 10.3. The van der Waals surface area contributed by atoms with Crippen molar-refractivity contribution >= 4 is 52.8 Å². The van der Waals surface area contributed by atoms with Crippen LogP contribution in [0.1, 0.15) is 9.67 Å². The van der Waals surface area contributed by atoms with Crippen molar-refractivity contribution < 1.29 is 4.79 Å². The van der Waals surface area contributed by atoms with E-state index >= 15 is 0 Å². The van der Waals surface area contributed by atoms with Gasteiger partial charge in [-0.25, -0.2) is 4.98 Å². The van der Waals surface area contributed by atoms with E-state index in [1.807, 2.05) is 12.1 Å². The van der Waals surface area contributed by atoms with Crippen LogP contribution in [0.4, 0.5) is 11.5 Å². The van der Waals surface area contributed by atoms with Crippen LogP contribution in [0.25, 0.3) is 0 Å². The van der Waals surface area contributed by atoms with Crippen molar-refractivity contribution in [2.45, 2.75) is 0 Å². The third-order valence-electron chi connectivity index (χ3n) is 3.30. The topological polar surface area (TPSA) is 57.3 Å². The van der Waals surface area contributed by atoms with Gasteiger partial charge in [0.2, 0.25) is 0 Å². The largest absolute Gasteiger partial charge is 0.368 e. The van der Waals surface area contributed by atoms with E-state index in [-0.39, 0.29) is 18.3 Å². The molecular weight excluding hydrogens is 343 g/mol. The van der Waals surface area contributed by atoms with Gasteiger partial charge in [-0.2, -0.15) is 0 Å². The minimum absolute atomic E-state index is 0. The summed E-state index contributed by atoms with van der Waals surface area (Å²) in [6.45, 7) is 3.90. The predicted octanol–water partition coefficient (Wildman–Crippen LogP) is 2.88. The summed E-state index contributed by atoms with van der Waals surface area (Å²) in [5, 5.41) is 8.33. The Morgan fingerprint density at radius 3 is 2.68 bits per heavy atom. The third-order valence-corrected chi connectivity index (χ3v) is 4.64. The molecule has 1 amide bonds. The van der Waals surface area contributed by atoms with Gasteiger partial charge in [0, 0.05) is 26.2 Å². The Morgan fingerprint density at radius 1 is 1.32 bits per heavy atom. The summed E-state index contributed by atoms with van der Waals surface area (Å²) in [7, 11) is 0. The molecule has 2 N–H and O–H groups in total. The summed E-state index contributed by atoms with van der Waals surface area (Å²) in [4.78, 5) is 19.1. The minimum Gasteiger partial charge on any atom is -0.368 e. The molecule has 3 heterocycles. The van der Waals surface area contributed by atoms with E-state index in [1.165, 1.54) is 11.3 Å². The molecule has 8 heteroatoms. The molecule has 0 spiro atoms. The Balaban J connectivity index is 0.00000176. The van der Waals surface area contributed by atoms with E-state index in [2.05, 4.69) is 20.5 Å². The van der Waals surface area contributed by atoms with Gasteiger partial charge in [0.15, 0.2) is 0 Å². The highest BCUT2D eigenvalue weighted by Gasteiger charge is 2.14. The highest BCUT2D eigenvalue weighted by Crippen LogP contribution is 2.23. The molecule has 0 bridgehead atoms. The minimum atomic E-state index is -0.225. The molecule has 0 radical (unpaired) electrons. The summed E-state index contributed by atoms with van der Waals surface area (Å²) in [5.41, 5.74) is 1.07.